The molecule has 96 valence electrons. The maximum atomic E-state index is 5.44. The van der Waals surface area contributed by atoms with Crippen LogP contribution in [0.3, 0.4) is 0 Å². The molecule has 2 aromatic rings. The van der Waals surface area contributed by atoms with E-state index in [1.165, 1.54) is 5.56 Å². The van der Waals surface area contributed by atoms with Crippen LogP contribution in [0.1, 0.15) is 22.5 Å². The summed E-state index contributed by atoms with van der Waals surface area (Å²) in [5.41, 5.74) is 4.35. The van der Waals surface area contributed by atoms with Crippen molar-refractivity contribution in [2.24, 2.45) is 0 Å². The second-order valence-corrected chi connectivity index (χ2v) is 4.48. The molecule has 0 amide bonds. The molecule has 0 aliphatic carbocycles. The smallest absolute Gasteiger partial charge is 0.196 e. The average molecular weight is 245 g/mol. The Labute approximate surface area is 107 Å². The quantitative estimate of drug-likeness (QED) is 0.898. The summed E-state index contributed by atoms with van der Waals surface area (Å²) in [5, 5.41) is 3.15. The Morgan fingerprint density at radius 1 is 1.17 bits per heavy atom. The summed E-state index contributed by atoms with van der Waals surface area (Å²) in [6.07, 6.45) is 2.62. The Kier molecular flexibility index (Phi) is 3.77. The first-order chi connectivity index (χ1) is 8.63. The molecule has 0 aliphatic rings. The van der Waals surface area contributed by atoms with Crippen molar-refractivity contribution in [3.63, 3.8) is 0 Å². The summed E-state index contributed by atoms with van der Waals surface area (Å²) >= 11 is 0. The first kappa shape index (κ1) is 12.8. The fraction of sp³-hybridized carbons (Fsp3) is 0.429. The second kappa shape index (κ2) is 5.31. The van der Waals surface area contributed by atoms with Crippen LogP contribution in [0, 0.1) is 20.8 Å². The SMILES string of the molecule is CNCCc1c(C)nc(-c2occc2C)nc1C. The molecule has 0 saturated carbocycles. The van der Waals surface area contributed by atoms with Gasteiger partial charge in [0.05, 0.1) is 6.26 Å². The molecule has 4 heteroatoms. The second-order valence-electron chi connectivity index (χ2n) is 4.48. The van der Waals surface area contributed by atoms with Crippen LogP contribution in [0.5, 0.6) is 0 Å². The molecule has 4 nitrogen and oxygen atoms in total. The van der Waals surface area contributed by atoms with Gasteiger partial charge in [0.2, 0.25) is 0 Å². The zero-order valence-corrected chi connectivity index (χ0v) is 11.4. The van der Waals surface area contributed by atoms with Crippen molar-refractivity contribution in [1.29, 1.82) is 0 Å². The minimum Gasteiger partial charge on any atom is -0.461 e. The molecule has 0 radical (unpaired) electrons. The predicted molar refractivity (Wildman–Crippen MR) is 71.6 cm³/mol. The van der Waals surface area contributed by atoms with Gasteiger partial charge in [-0.15, -0.1) is 0 Å². The lowest BCUT2D eigenvalue weighted by molar-refractivity contribution is 0.574. The van der Waals surface area contributed by atoms with Gasteiger partial charge in [0.15, 0.2) is 11.6 Å². The molecule has 18 heavy (non-hydrogen) atoms. The topological polar surface area (TPSA) is 51.0 Å². The molecule has 0 unspecified atom stereocenters. The van der Waals surface area contributed by atoms with Crippen molar-refractivity contribution in [1.82, 2.24) is 15.3 Å². The van der Waals surface area contributed by atoms with Crippen LogP contribution in [0.15, 0.2) is 16.7 Å². The van der Waals surface area contributed by atoms with E-state index in [-0.39, 0.29) is 0 Å². The van der Waals surface area contributed by atoms with E-state index >= 15 is 0 Å². The maximum absolute atomic E-state index is 5.44. The van der Waals surface area contributed by atoms with Crippen LogP contribution in [0.4, 0.5) is 0 Å². The predicted octanol–water partition coefficient (Wildman–Crippen LogP) is 2.42. The van der Waals surface area contributed by atoms with Gasteiger partial charge in [-0.2, -0.15) is 0 Å². The largest absolute Gasteiger partial charge is 0.461 e. The van der Waals surface area contributed by atoms with Gasteiger partial charge in [0.25, 0.3) is 0 Å². The van der Waals surface area contributed by atoms with E-state index in [4.69, 9.17) is 4.42 Å². The van der Waals surface area contributed by atoms with Gasteiger partial charge in [-0.1, -0.05) is 0 Å². The minimum absolute atomic E-state index is 0.681. The normalized spacial score (nSPS) is 10.9. The van der Waals surface area contributed by atoms with E-state index in [2.05, 4.69) is 15.3 Å². The number of nitrogens with zero attached hydrogens (tertiary/aromatic N) is 2. The Morgan fingerprint density at radius 3 is 2.33 bits per heavy atom. The average Bonchev–Trinajstić information content (AvgIpc) is 2.74. The molecule has 0 aromatic carbocycles. The molecular weight excluding hydrogens is 226 g/mol. The molecule has 0 spiro atoms. The maximum Gasteiger partial charge on any atom is 0.196 e. The number of aryl methyl sites for hydroxylation is 3. The van der Waals surface area contributed by atoms with Crippen molar-refractivity contribution >= 4 is 0 Å². The number of rotatable bonds is 4. The van der Waals surface area contributed by atoms with Crippen LogP contribution in [0.25, 0.3) is 11.6 Å². The molecule has 0 aliphatic heterocycles. The van der Waals surface area contributed by atoms with Crippen LogP contribution >= 0.6 is 0 Å². The highest BCUT2D eigenvalue weighted by atomic mass is 16.3. The lowest BCUT2D eigenvalue weighted by Gasteiger charge is -2.10. The Morgan fingerprint density at radius 2 is 1.83 bits per heavy atom. The minimum atomic E-state index is 0.681. The van der Waals surface area contributed by atoms with Crippen molar-refractivity contribution < 1.29 is 4.42 Å². The zero-order valence-electron chi connectivity index (χ0n) is 11.4. The third kappa shape index (κ3) is 2.43. The molecular formula is C14H19N3O. The summed E-state index contributed by atoms with van der Waals surface area (Å²) in [7, 11) is 1.95. The third-order valence-corrected chi connectivity index (χ3v) is 3.11. The van der Waals surface area contributed by atoms with Gasteiger partial charge in [-0.25, -0.2) is 9.97 Å². The number of nitrogens with one attached hydrogen (secondary N) is 1. The van der Waals surface area contributed by atoms with Crippen LogP contribution in [0.2, 0.25) is 0 Å². The summed E-state index contributed by atoms with van der Waals surface area (Å²) in [5.74, 6) is 1.45. The number of aromatic nitrogens is 2. The number of hydrogen-bond acceptors (Lipinski definition) is 4. The van der Waals surface area contributed by atoms with Crippen molar-refractivity contribution in [3.8, 4) is 11.6 Å². The Hall–Kier alpha value is -1.68. The summed E-state index contributed by atoms with van der Waals surface area (Å²) in [6.45, 7) is 6.99. The molecule has 0 atom stereocenters. The van der Waals surface area contributed by atoms with Crippen LogP contribution in [-0.2, 0) is 6.42 Å². The highest BCUT2D eigenvalue weighted by Gasteiger charge is 2.13. The van der Waals surface area contributed by atoms with Gasteiger partial charge >= 0.3 is 0 Å². The van der Waals surface area contributed by atoms with E-state index in [1.54, 1.807) is 6.26 Å². The van der Waals surface area contributed by atoms with Gasteiger partial charge in [-0.3, -0.25) is 0 Å². The van der Waals surface area contributed by atoms with Crippen molar-refractivity contribution in [2.75, 3.05) is 13.6 Å². The van der Waals surface area contributed by atoms with Crippen LogP contribution < -0.4 is 5.32 Å². The molecule has 0 bridgehead atoms. The van der Waals surface area contributed by atoms with E-state index in [1.807, 2.05) is 33.9 Å². The molecule has 2 rings (SSSR count). The van der Waals surface area contributed by atoms with Gasteiger partial charge in [0, 0.05) is 11.4 Å². The Balaban J connectivity index is 2.39. The highest BCUT2D eigenvalue weighted by Crippen LogP contribution is 2.23. The van der Waals surface area contributed by atoms with E-state index in [9.17, 15) is 0 Å². The van der Waals surface area contributed by atoms with Gasteiger partial charge in [-0.05, 0) is 58.0 Å². The van der Waals surface area contributed by atoms with Gasteiger partial charge < -0.3 is 9.73 Å². The van der Waals surface area contributed by atoms with Crippen LogP contribution in [-0.4, -0.2) is 23.6 Å². The molecule has 1 N–H and O–H groups in total. The Bertz CT molecular complexity index is 523. The lowest BCUT2D eigenvalue weighted by Crippen LogP contribution is -2.13. The van der Waals surface area contributed by atoms with Crippen molar-refractivity contribution in [3.05, 3.63) is 34.8 Å². The fourth-order valence-electron chi connectivity index (χ4n) is 2.05. The zero-order chi connectivity index (χ0) is 13.1. The number of likely N-dealkylation sites (N-methyl/N-ethyl adjacent to an activating group) is 1. The fourth-order valence-corrected chi connectivity index (χ4v) is 2.05. The molecule has 0 saturated heterocycles. The number of hydrogen-bond donors (Lipinski definition) is 1. The molecule has 2 heterocycles. The third-order valence-electron chi connectivity index (χ3n) is 3.11. The first-order valence-electron chi connectivity index (χ1n) is 6.16. The monoisotopic (exact) mass is 245 g/mol. The van der Waals surface area contributed by atoms with Gasteiger partial charge in [0.1, 0.15) is 0 Å². The molecule has 2 aromatic heterocycles. The highest BCUT2D eigenvalue weighted by molar-refractivity contribution is 5.53. The van der Waals surface area contributed by atoms with Crippen molar-refractivity contribution in [2.45, 2.75) is 27.2 Å². The molecule has 0 fully saturated rings. The first-order valence-corrected chi connectivity index (χ1v) is 6.16. The summed E-state index contributed by atoms with van der Waals surface area (Å²) in [6, 6.07) is 1.93. The summed E-state index contributed by atoms with van der Waals surface area (Å²) in [4.78, 5) is 9.12. The standard InChI is InChI=1S/C14H19N3O/c1-9-6-8-18-13(9)14-16-10(2)12(5-7-15-4)11(3)17-14/h6,8,15H,5,7H2,1-4H3. The van der Waals surface area contributed by atoms with E-state index < -0.39 is 0 Å². The summed E-state index contributed by atoms with van der Waals surface area (Å²) < 4.78 is 5.44. The van der Waals surface area contributed by atoms with E-state index in [0.29, 0.717) is 5.82 Å². The number of furan rings is 1. The lowest BCUT2D eigenvalue weighted by atomic mass is 10.1. The van der Waals surface area contributed by atoms with E-state index in [0.717, 1.165) is 35.7 Å².